The van der Waals surface area contributed by atoms with Crippen LogP contribution in [0.4, 0.5) is 33.6 Å². The number of aromatic nitrogens is 4. The smallest absolute Gasteiger partial charge is 0.332 e. The first-order valence-electron chi connectivity index (χ1n) is 11.4. The molecule has 0 bridgehead atoms. The van der Waals surface area contributed by atoms with Crippen LogP contribution in [0, 0.1) is 40.9 Å². The third-order valence-electron chi connectivity index (χ3n) is 6.14. The molecule has 202 valence electrons. The van der Waals surface area contributed by atoms with E-state index in [4.69, 9.17) is 5.73 Å². The normalized spacial score (nSPS) is 15.5. The molecule has 1 aromatic carbocycles. The van der Waals surface area contributed by atoms with Crippen molar-refractivity contribution < 1.29 is 26.7 Å². The molecule has 10 nitrogen and oxygen atoms in total. The van der Waals surface area contributed by atoms with Gasteiger partial charge >= 0.3 is 5.69 Å². The van der Waals surface area contributed by atoms with Crippen LogP contribution in [0.25, 0.3) is 11.2 Å². The van der Waals surface area contributed by atoms with Crippen molar-refractivity contribution in [2.24, 2.45) is 12.8 Å². The minimum atomic E-state index is -2.40. The molecule has 3 aromatic rings. The average molecular weight is 539 g/mol. The summed E-state index contributed by atoms with van der Waals surface area (Å²) in [5.74, 6) is -6.97. The van der Waals surface area contributed by atoms with E-state index in [1.165, 1.54) is 11.6 Å². The molecule has 1 aliphatic heterocycles. The molecule has 1 atom stereocenters. The number of halogens is 5. The molecular formula is C23H22F5N7O3. The fraction of sp³-hybridized carbons (Fsp3) is 0.391. The molecule has 38 heavy (non-hydrogen) atoms. The van der Waals surface area contributed by atoms with Crippen molar-refractivity contribution in [3.8, 4) is 11.8 Å². The second-order valence-electron chi connectivity index (χ2n) is 8.67. The Kier molecular flexibility index (Phi) is 7.27. The summed E-state index contributed by atoms with van der Waals surface area (Å²) in [6, 6.07) is -0.139. The van der Waals surface area contributed by atoms with Crippen molar-refractivity contribution in [3.05, 3.63) is 49.9 Å². The lowest BCUT2D eigenvalue weighted by molar-refractivity contribution is -0.116. The molecule has 0 radical (unpaired) electrons. The van der Waals surface area contributed by atoms with E-state index < -0.39 is 58.5 Å². The Labute approximate surface area is 211 Å². The predicted octanol–water partition coefficient (Wildman–Crippen LogP) is 1.18. The molecule has 4 rings (SSSR count). The zero-order valence-corrected chi connectivity index (χ0v) is 20.2. The molecule has 0 saturated carbocycles. The first-order valence-corrected chi connectivity index (χ1v) is 11.4. The highest BCUT2D eigenvalue weighted by atomic mass is 19.2. The third kappa shape index (κ3) is 4.51. The van der Waals surface area contributed by atoms with Crippen LogP contribution in [0.15, 0.2) is 9.59 Å². The van der Waals surface area contributed by atoms with Crippen molar-refractivity contribution in [3.63, 3.8) is 0 Å². The van der Waals surface area contributed by atoms with Crippen LogP contribution in [0.2, 0.25) is 0 Å². The quantitative estimate of drug-likeness (QED) is 0.218. The maximum Gasteiger partial charge on any atom is 0.332 e. The van der Waals surface area contributed by atoms with E-state index in [0.717, 1.165) is 17.4 Å². The number of benzene rings is 1. The Morgan fingerprint density at radius 3 is 2.32 bits per heavy atom. The Morgan fingerprint density at radius 2 is 1.71 bits per heavy atom. The van der Waals surface area contributed by atoms with Crippen molar-refractivity contribution in [2.45, 2.75) is 38.9 Å². The molecule has 1 fully saturated rings. The minimum Gasteiger partial charge on any atom is -0.341 e. The molecule has 0 spiro atoms. The number of anilines is 2. The summed E-state index contributed by atoms with van der Waals surface area (Å²) in [4.78, 5) is 45.2. The number of carbonyl (C=O) groups is 1. The van der Waals surface area contributed by atoms with Crippen LogP contribution in [-0.2, 0) is 24.9 Å². The topological polar surface area (TPSA) is 120 Å². The van der Waals surface area contributed by atoms with Gasteiger partial charge in [0.15, 0.2) is 34.4 Å². The molecule has 0 aliphatic carbocycles. The summed E-state index contributed by atoms with van der Waals surface area (Å²) in [5.41, 5.74) is 2.45. The average Bonchev–Trinajstić information content (AvgIpc) is 3.28. The fourth-order valence-electron chi connectivity index (χ4n) is 4.28. The number of nitrogens with one attached hydrogen (secondary N) is 1. The van der Waals surface area contributed by atoms with Gasteiger partial charge in [-0.3, -0.25) is 18.7 Å². The summed E-state index contributed by atoms with van der Waals surface area (Å²) in [7, 11) is 1.30. The number of amides is 1. The zero-order chi connectivity index (χ0) is 27.9. The first-order chi connectivity index (χ1) is 18.0. The fourth-order valence-corrected chi connectivity index (χ4v) is 4.28. The Morgan fingerprint density at radius 1 is 1.08 bits per heavy atom. The number of imidazole rings is 1. The maximum absolute atomic E-state index is 14.0. The van der Waals surface area contributed by atoms with Crippen molar-refractivity contribution in [1.82, 2.24) is 18.7 Å². The number of aryl methyl sites for hydroxylation is 1. The van der Waals surface area contributed by atoms with Gasteiger partial charge in [0, 0.05) is 26.2 Å². The predicted molar refractivity (Wildman–Crippen MR) is 127 cm³/mol. The van der Waals surface area contributed by atoms with Crippen LogP contribution >= 0.6 is 0 Å². The molecule has 1 saturated heterocycles. The number of piperidine rings is 1. The molecular weight excluding hydrogens is 517 g/mol. The highest BCUT2D eigenvalue weighted by Gasteiger charge is 2.29. The largest absolute Gasteiger partial charge is 0.341 e. The first kappa shape index (κ1) is 26.9. The lowest BCUT2D eigenvalue weighted by atomic mass is 10.1. The second-order valence-corrected chi connectivity index (χ2v) is 8.67. The van der Waals surface area contributed by atoms with Crippen LogP contribution in [0.3, 0.4) is 0 Å². The van der Waals surface area contributed by atoms with E-state index in [9.17, 15) is 36.3 Å². The van der Waals surface area contributed by atoms with Gasteiger partial charge in [0.25, 0.3) is 5.56 Å². The molecule has 1 unspecified atom stereocenters. The summed E-state index contributed by atoms with van der Waals surface area (Å²) < 4.78 is 71.3. The van der Waals surface area contributed by atoms with Gasteiger partial charge in [-0.2, -0.15) is 4.98 Å². The SMILES string of the molecule is CC#CCn1c(N2CCCC(N)C2)nc2c1c(=O)n(CC(=O)Nc1c(F)c(F)c(F)c(F)c1F)c(=O)n2C. The van der Waals surface area contributed by atoms with Crippen molar-refractivity contribution in [2.75, 3.05) is 23.3 Å². The standard InChI is InChI=1S/C23H22F5N7O3/c1-3-4-8-34-19-20(31-22(34)33-7-5-6-11(29)9-33)32(2)23(38)35(21(19)37)10-12(36)30-18-16(27)14(25)13(24)15(26)17(18)28/h11H,5-10,29H2,1-2H3,(H,30,36). The number of hydrogen-bond acceptors (Lipinski definition) is 6. The van der Waals surface area contributed by atoms with E-state index in [-0.39, 0.29) is 23.8 Å². The van der Waals surface area contributed by atoms with Crippen LogP contribution in [0.1, 0.15) is 19.8 Å². The summed E-state index contributed by atoms with van der Waals surface area (Å²) >= 11 is 0. The number of rotatable bonds is 5. The zero-order valence-electron chi connectivity index (χ0n) is 20.2. The van der Waals surface area contributed by atoms with Gasteiger partial charge in [0.1, 0.15) is 12.2 Å². The highest BCUT2D eigenvalue weighted by Crippen LogP contribution is 2.27. The van der Waals surface area contributed by atoms with Crippen LogP contribution < -0.4 is 27.2 Å². The van der Waals surface area contributed by atoms with Gasteiger partial charge in [-0.1, -0.05) is 5.92 Å². The number of nitrogens with zero attached hydrogens (tertiary/aromatic N) is 5. The van der Waals surface area contributed by atoms with Gasteiger partial charge in [-0.25, -0.2) is 31.3 Å². The Hall–Kier alpha value is -4.19. The number of fused-ring (bicyclic) bond motifs is 1. The molecule has 1 amide bonds. The van der Waals surface area contributed by atoms with Crippen molar-refractivity contribution in [1.29, 1.82) is 0 Å². The van der Waals surface area contributed by atoms with Gasteiger partial charge < -0.3 is 16.0 Å². The van der Waals surface area contributed by atoms with Gasteiger partial charge in [0.05, 0.1) is 6.54 Å². The van der Waals surface area contributed by atoms with E-state index >= 15 is 0 Å². The van der Waals surface area contributed by atoms with Gasteiger partial charge in [-0.15, -0.1) is 5.92 Å². The van der Waals surface area contributed by atoms with E-state index in [1.807, 2.05) is 4.90 Å². The molecule has 3 heterocycles. The Balaban J connectivity index is 1.80. The van der Waals surface area contributed by atoms with Gasteiger partial charge in [0.2, 0.25) is 17.7 Å². The minimum absolute atomic E-state index is 0.00321. The maximum atomic E-state index is 14.0. The number of carbonyl (C=O) groups excluding carboxylic acids is 1. The lowest BCUT2D eigenvalue weighted by Crippen LogP contribution is -2.44. The second kappa shape index (κ2) is 10.3. The monoisotopic (exact) mass is 539 g/mol. The van der Waals surface area contributed by atoms with E-state index in [0.29, 0.717) is 23.6 Å². The summed E-state index contributed by atoms with van der Waals surface area (Å²) in [6.45, 7) is 1.54. The van der Waals surface area contributed by atoms with E-state index in [2.05, 4.69) is 16.8 Å². The number of nitrogens with two attached hydrogens (primary N) is 1. The summed E-state index contributed by atoms with van der Waals surface area (Å²) in [5, 5.41) is 1.56. The van der Waals surface area contributed by atoms with Crippen LogP contribution in [0.5, 0.6) is 0 Å². The van der Waals surface area contributed by atoms with Crippen molar-refractivity contribution >= 4 is 28.7 Å². The lowest BCUT2D eigenvalue weighted by Gasteiger charge is -2.31. The van der Waals surface area contributed by atoms with Crippen LogP contribution in [-0.4, -0.2) is 43.7 Å². The molecule has 2 aromatic heterocycles. The molecule has 1 aliphatic rings. The molecule has 3 N–H and O–H groups in total. The Bertz CT molecular complexity index is 1600. The number of hydrogen-bond donors (Lipinski definition) is 2. The third-order valence-corrected chi connectivity index (χ3v) is 6.14. The van der Waals surface area contributed by atoms with E-state index in [1.54, 1.807) is 12.2 Å². The summed E-state index contributed by atoms with van der Waals surface area (Å²) in [6.07, 6.45) is 1.57. The molecule has 15 heteroatoms. The van der Waals surface area contributed by atoms with Gasteiger partial charge in [-0.05, 0) is 19.8 Å². The highest BCUT2D eigenvalue weighted by molar-refractivity contribution is 5.91.